The molecule has 3 aliphatic rings. The quantitative estimate of drug-likeness (QED) is 0.675. The predicted octanol–water partition coefficient (Wildman–Crippen LogP) is 2.55. The summed E-state index contributed by atoms with van der Waals surface area (Å²) in [4.78, 5) is 45.0. The molecule has 2 aromatic heterocycles. The second-order valence-corrected chi connectivity index (χ2v) is 9.85. The number of carbonyl (C=O) groups excluding carboxylic acids is 2. The first kappa shape index (κ1) is 23.5. The molecule has 2 fully saturated rings. The van der Waals surface area contributed by atoms with Crippen LogP contribution in [0, 0.1) is 0 Å². The smallest absolute Gasteiger partial charge is 0.253 e. The van der Waals surface area contributed by atoms with E-state index in [1.165, 1.54) is 12.8 Å². The lowest BCUT2D eigenvalue weighted by molar-refractivity contribution is -0.118. The van der Waals surface area contributed by atoms with Crippen LogP contribution >= 0.6 is 0 Å². The van der Waals surface area contributed by atoms with Crippen molar-refractivity contribution in [3.8, 4) is 0 Å². The van der Waals surface area contributed by atoms with Crippen LogP contribution in [0.4, 0.5) is 23.3 Å². The predicted molar refractivity (Wildman–Crippen MR) is 135 cm³/mol. The normalized spacial score (nSPS) is 20.0. The highest BCUT2D eigenvalue weighted by atomic mass is 16.2. The lowest BCUT2D eigenvalue weighted by Crippen LogP contribution is -2.43. The second-order valence-electron chi connectivity index (χ2n) is 9.85. The van der Waals surface area contributed by atoms with Gasteiger partial charge in [-0.05, 0) is 58.0 Å². The molecule has 2 amide bonds. The Labute approximate surface area is 206 Å². The topological polar surface area (TPSA) is 107 Å². The number of carbonyl (C=O) groups is 2. The fraction of sp³-hybridized carbons (Fsp3) is 0.560. The zero-order valence-corrected chi connectivity index (χ0v) is 20.5. The van der Waals surface area contributed by atoms with Crippen molar-refractivity contribution in [3.05, 3.63) is 30.1 Å². The first-order valence-electron chi connectivity index (χ1n) is 12.6. The molecular formula is C25H34N8O2. The van der Waals surface area contributed by atoms with Crippen molar-refractivity contribution in [1.82, 2.24) is 25.2 Å². The highest BCUT2D eigenvalue weighted by molar-refractivity contribution is 5.97. The average Bonchev–Trinajstić information content (AvgIpc) is 3.36. The van der Waals surface area contributed by atoms with Crippen LogP contribution in [-0.4, -0.2) is 77.5 Å². The number of nitrogens with zero attached hydrogens (tertiary/aromatic N) is 6. The van der Waals surface area contributed by atoms with E-state index in [4.69, 9.17) is 4.98 Å². The van der Waals surface area contributed by atoms with Crippen molar-refractivity contribution in [1.29, 1.82) is 0 Å². The minimum Gasteiger partial charge on any atom is -0.351 e. The van der Waals surface area contributed by atoms with Crippen LogP contribution < -0.4 is 20.4 Å². The van der Waals surface area contributed by atoms with Gasteiger partial charge in [-0.3, -0.25) is 9.59 Å². The van der Waals surface area contributed by atoms with Gasteiger partial charge in [0.25, 0.3) is 5.91 Å². The van der Waals surface area contributed by atoms with Crippen molar-refractivity contribution >= 4 is 35.1 Å². The molecule has 0 aromatic carbocycles. The van der Waals surface area contributed by atoms with Crippen LogP contribution in [-0.2, 0) is 4.79 Å². The number of likely N-dealkylation sites (tertiary alicyclic amines) is 1. The first-order valence-corrected chi connectivity index (χ1v) is 12.6. The number of pyridine rings is 1. The molecule has 186 valence electrons. The van der Waals surface area contributed by atoms with Gasteiger partial charge in [0, 0.05) is 38.3 Å². The molecule has 0 bridgehead atoms. The molecule has 5 rings (SSSR count). The van der Waals surface area contributed by atoms with Gasteiger partial charge in [-0.2, -0.15) is 4.98 Å². The third-order valence-corrected chi connectivity index (χ3v) is 7.41. The van der Waals surface area contributed by atoms with Crippen LogP contribution in [0.5, 0.6) is 0 Å². The molecule has 0 radical (unpaired) electrons. The Bertz CT molecular complexity index is 1060. The minimum atomic E-state index is -0.0974. The fourth-order valence-corrected chi connectivity index (χ4v) is 5.21. The Morgan fingerprint density at radius 2 is 1.77 bits per heavy atom. The summed E-state index contributed by atoms with van der Waals surface area (Å²) in [7, 11) is 3.89. The van der Waals surface area contributed by atoms with Gasteiger partial charge in [0.1, 0.15) is 11.5 Å². The van der Waals surface area contributed by atoms with Gasteiger partial charge in [-0.1, -0.05) is 12.8 Å². The zero-order valence-electron chi connectivity index (χ0n) is 20.5. The highest BCUT2D eigenvalue weighted by Crippen LogP contribution is 2.36. The summed E-state index contributed by atoms with van der Waals surface area (Å²) in [6.45, 7) is 2.65. The SMILES string of the molecule is CN1CCC(NC(=O)c2ccc(Nc3ncc4c(n3)N(C3CCCC3)CCC(=O)N4C)nc2)CC1. The molecule has 4 heterocycles. The summed E-state index contributed by atoms with van der Waals surface area (Å²) in [5.41, 5.74) is 1.27. The number of anilines is 4. The van der Waals surface area contributed by atoms with E-state index in [1.54, 1.807) is 36.5 Å². The number of amides is 2. The van der Waals surface area contributed by atoms with E-state index in [0.29, 0.717) is 36.3 Å². The van der Waals surface area contributed by atoms with E-state index in [0.717, 1.165) is 50.3 Å². The number of hydrogen-bond acceptors (Lipinski definition) is 8. The Balaban J connectivity index is 1.29. The van der Waals surface area contributed by atoms with E-state index in [9.17, 15) is 9.59 Å². The first-order chi connectivity index (χ1) is 17.0. The molecule has 2 aromatic rings. The number of hydrogen-bond donors (Lipinski definition) is 2. The van der Waals surface area contributed by atoms with Gasteiger partial charge >= 0.3 is 0 Å². The Morgan fingerprint density at radius 3 is 2.49 bits per heavy atom. The lowest BCUT2D eigenvalue weighted by Gasteiger charge is -2.30. The van der Waals surface area contributed by atoms with E-state index in [2.05, 4.69) is 37.4 Å². The summed E-state index contributed by atoms with van der Waals surface area (Å²) in [5, 5.41) is 6.28. The number of fused-ring (bicyclic) bond motifs is 1. The number of piperidine rings is 1. The molecule has 1 saturated heterocycles. The molecule has 0 unspecified atom stereocenters. The van der Waals surface area contributed by atoms with Gasteiger partial charge in [0.2, 0.25) is 11.9 Å². The van der Waals surface area contributed by atoms with E-state index in [-0.39, 0.29) is 17.9 Å². The third kappa shape index (κ3) is 5.22. The summed E-state index contributed by atoms with van der Waals surface area (Å²) in [5.74, 6) is 1.75. The highest BCUT2D eigenvalue weighted by Gasteiger charge is 2.31. The average molecular weight is 479 g/mol. The Morgan fingerprint density at radius 1 is 1.00 bits per heavy atom. The van der Waals surface area contributed by atoms with Crippen LogP contribution in [0.1, 0.15) is 55.3 Å². The summed E-state index contributed by atoms with van der Waals surface area (Å²) in [6.07, 6.45) is 10.3. The van der Waals surface area contributed by atoms with Gasteiger partial charge in [0.15, 0.2) is 5.82 Å². The molecular weight excluding hydrogens is 444 g/mol. The molecule has 10 nitrogen and oxygen atoms in total. The second kappa shape index (κ2) is 10.2. The fourth-order valence-electron chi connectivity index (χ4n) is 5.21. The van der Waals surface area contributed by atoms with Crippen molar-refractivity contribution in [2.24, 2.45) is 0 Å². The minimum absolute atomic E-state index is 0.0758. The van der Waals surface area contributed by atoms with Crippen LogP contribution in [0.3, 0.4) is 0 Å². The summed E-state index contributed by atoms with van der Waals surface area (Å²) < 4.78 is 0. The van der Waals surface area contributed by atoms with E-state index >= 15 is 0 Å². The van der Waals surface area contributed by atoms with Gasteiger partial charge < -0.3 is 25.3 Å². The molecule has 1 aliphatic carbocycles. The lowest BCUT2D eigenvalue weighted by atomic mass is 10.1. The molecule has 35 heavy (non-hydrogen) atoms. The van der Waals surface area contributed by atoms with Crippen molar-refractivity contribution in [2.45, 2.75) is 57.0 Å². The number of aromatic nitrogens is 3. The maximum atomic E-state index is 12.6. The maximum absolute atomic E-state index is 12.6. The van der Waals surface area contributed by atoms with Gasteiger partial charge in [-0.25, -0.2) is 9.97 Å². The molecule has 0 atom stereocenters. The van der Waals surface area contributed by atoms with E-state index < -0.39 is 0 Å². The maximum Gasteiger partial charge on any atom is 0.253 e. The Hall–Kier alpha value is -3.27. The van der Waals surface area contributed by atoms with Crippen LogP contribution in [0.25, 0.3) is 0 Å². The van der Waals surface area contributed by atoms with E-state index in [1.807, 2.05) is 0 Å². The monoisotopic (exact) mass is 478 g/mol. The standard InChI is InChI=1S/C25H34N8O2/c1-31-12-9-18(10-13-31)28-24(35)17-7-8-21(26-15-17)29-25-27-16-20-23(30-25)33(19-5-3-4-6-19)14-11-22(34)32(20)2/h7-8,15-16,18-19H,3-6,9-14H2,1-2H3,(H,28,35)(H,26,27,29,30). The zero-order chi connectivity index (χ0) is 24.4. The largest absolute Gasteiger partial charge is 0.351 e. The summed E-state index contributed by atoms with van der Waals surface area (Å²) in [6, 6.07) is 4.14. The molecule has 0 spiro atoms. The molecule has 10 heteroatoms. The van der Waals surface area contributed by atoms with Crippen molar-refractivity contribution < 1.29 is 9.59 Å². The number of rotatable bonds is 5. The molecule has 2 aliphatic heterocycles. The summed E-state index contributed by atoms with van der Waals surface area (Å²) >= 11 is 0. The van der Waals surface area contributed by atoms with Gasteiger partial charge in [0.05, 0.1) is 11.8 Å². The van der Waals surface area contributed by atoms with Crippen molar-refractivity contribution in [3.63, 3.8) is 0 Å². The third-order valence-electron chi connectivity index (χ3n) is 7.41. The molecule has 1 saturated carbocycles. The molecule has 2 N–H and O–H groups in total. The van der Waals surface area contributed by atoms with Crippen LogP contribution in [0.2, 0.25) is 0 Å². The van der Waals surface area contributed by atoms with Gasteiger partial charge in [-0.15, -0.1) is 0 Å². The van der Waals surface area contributed by atoms with Crippen LogP contribution in [0.15, 0.2) is 24.5 Å². The Kier molecular flexibility index (Phi) is 6.81. The van der Waals surface area contributed by atoms with Crippen molar-refractivity contribution in [2.75, 3.05) is 48.8 Å². The number of nitrogens with one attached hydrogen (secondary N) is 2.